The van der Waals surface area contributed by atoms with E-state index in [0.29, 0.717) is 23.8 Å². The van der Waals surface area contributed by atoms with Crippen LogP contribution in [-0.4, -0.2) is 11.7 Å². The monoisotopic (exact) mass is 304 g/mol. The summed E-state index contributed by atoms with van der Waals surface area (Å²) in [5.41, 5.74) is 1.35. The van der Waals surface area contributed by atoms with Crippen LogP contribution in [0.5, 0.6) is 5.75 Å². The van der Waals surface area contributed by atoms with Gasteiger partial charge >= 0.3 is 0 Å². The zero-order chi connectivity index (χ0) is 15.1. The molecule has 2 aromatic carbocycles. The van der Waals surface area contributed by atoms with E-state index in [2.05, 4.69) is 10.6 Å². The minimum Gasteiger partial charge on any atom is -0.492 e. The van der Waals surface area contributed by atoms with Crippen LogP contribution in [0.1, 0.15) is 12.5 Å². The van der Waals surface area contributed by atoms with Crippen LogP contribution in [0.25, 0.3) is 0 Å². The van der Waals surface area contributed by atoms with Crippen LogP contribution in [0.4, 0.5) is 10.1 Å². The van der Waals surface area contributed by atoms with Crippen molar-refractivity contribution in [2.45, 2.75) is 13.5 Å². The zero-order valence-corrected chi connectivity index (χ0v) is 12.5. The molecule has 2 N–H and O–H groups in total. The van der Waals surface area contributed by atoms with Crippen molar-refractivity contribution in [3.05, 3.63) is 59.9 Å². The highest BCUT2D eigenvalue weighted by molar-refractivity contribution is 7.80. The van der Waals surface area contributed by atoms with E-state index < -0.39 is 0 Å². The van der Waals surface area contributed by atoms with Gasteiger partial charge in [0.15, 0.2) is 5.11 Å². The molecule has 0 bridgehead atoms. The van der Waals surface area contributed by atoms with Gasteiger partial charge < -0.3 is 15.4 Å². The van der Waals surface area contributed by atoms with Crippen LogP contribution in [-0.2, 0) is 6.54 Å². The van der Waals surface area contributed by atoms with Gasteiger partial charge in [-0.25, -0.2) is 4.39 Å². The molecule has 0 atom stereocenters. The van der Waals surface area contributed by atoms with Crippen molar-refractivity contribution in [2.24, 2.45) is 0 Å². The summed E-state index contributed by atoms with van der Waals surface area (Å²) >= 11 is 5.22. The summed E-state index contributed by atoms with van der Waals surface area (Å²) < 4.78 is 19.0. The Kier molecular flexibility index (Phi) is 5.51. The van der Waals surface area contributed by atoms with Gasteiger partial charge in [-0.15, -0.1) is 0 Å². The first-order chi connectivity index (χ1) is 10.2. The number of nitrogens with one attached hydrogen (secondary N) is 2. The van der Waals surface area contributed by atoms with E-state index in [9.17, 15) is 4.39 Å². The smallest absolute Gasteiger partial charge is 0.171 e. The van der Waals surface area contributed by atoms with Gasteiger partial charge in [-0.3, -0.25) is 0 Å². The van der Waals surface area contributed by atoms with E-state index in [1.807, 2.05) is 31.2 Å². The van der Waals surface area contributed by atoms with E-state index in [1.165, 1.54) is 6.07 Å². The Labute approximate surface area is 129 Å². The Morgan fingerprint density at radius 3 is 2.62 bits per heavy atom. The van der Waals surface area contributed by atoms with Crippen molar-refractivity contribution in [3.63, 3.8) is 0 Å². The highest BCUT2D eigenvalue weighted by Crippen LogP contribution is 2.23. The third-order valence-electron chi connectivity index (χ3n) is 2.83. The molecule has 0 heterocycles. The highest BCUT2D eigenvalue weighted by Gasteiger charge is 2.05. The van der Waals surface area contributed by atoms with Crippen molar-refractivity contribution in [3.8, 4) is 5.75 Å². The number of benzene rings is 2. The maximum absolute atomic E-state index is 13.5. The molecular weight excluding hydrogens is 287 g/mol. The molecule has 0 aromatic heterocycles. The summed E-state index contributed by atoms with van der Waals surface area (Å²) in [4.78, 5) is 0. The van der Waals surface area contributed by atoms with Crippen LogP contribution in [0.15, 0.2) is 48.5 Å². The quantitative estimate of drug-likeness (QED) is 0.825. The lowest BCUT2D eigenvalue weighted by Crippen LogP contribution is -2.28. The fourth-order valence-corrected chi connectivity index (χ4v) is 2.02. The first kappa shape index (κ1) is 15.3. The van der Waals surface area contributed by atoms with Gasteiger partial charge in [-0.1, -0.05) is 30.3 Å². The van der Waals surface area contributed by atoms with Gasteiger partial charge in [0.1, 0.15) is 11.6 Å². The van der Waals surface area contributed by atoms with Gasteiger partial charge in [0.2, 0.25) is 0 Å². The maximum Gasteiger partial charge on any atom is 0.171 e. The van der Waals surface area contributed by atoms with Crippen molar-refractivity contribution in [1.29, 1.82) is 0 Å². The number of thiocarbonyl (C=S) groups is 1. The SMILES string of the molecule is CCOc1ccccc1NC(=S)NCc1ccccc1F. The molecule has 0 aliphatic carbocycles. The lowest BCUT2D eigenvalue weighted by molar-refractivity contribution is 0.342. The first-order valence-corrected chi connectivity index (χ1v) is 7.11. The number of hydrogen-bond acceptors (Lipinski definition) is 2. The zero-order valence-electron chi connectivity index (χ0n) is 11.7. The third kappa shape index (κ3) is 4.43. The van der Waals surface area contributed by atoms with Gasteiger partial charge in [0, 0.05) is 12.1 Å². The molecule has 0 amide bonds. The summed E-state index contributed by atoms with van der Waals surface area (Å²) in [6.45, 7) is 2.83. The number of halogens is 1. The molecule has 2 aromatic rings. The van der Waals surface area contributed by atoms with Crippen molar-refractivity contribution in [2.75, 3.05) is 11.9 Å². The Morgan fingerprint density at radius 2 is 1.86 bits per heavy atom. The van der Waals surface area contributed by atoms with Crippen LogP contribution in [0.3, 0.4) is 0 Å². The minimum atomic E-state index is -0.248. The predicted molar refractivity (Wildman–Crippen MR) is 87.1 cm³/mol. The fourth-order valence-electron chi connectivity index (χ4n) is 1.84. The molecule has 0 unspecified atom stereocenters. The summed E-state index contributed by atoms with van der Waals surface area (Å²) in [5, 5.41) is 6.46. The Hall–Kier alpha value is -2.14. The molecular formula is C16H17FN2OS. The molecule has 0 aliphatic heterocycles. The fraction of sp³-hybridized carbons (Fsp3) is 0.188. The summed E-state index contributed by atoms with van der Waals surface area (Å²) in [6, 6.07) is 14.1. The number of ether oxygens (including phenoxy) is 1. The summed E-state index contributed by atoms with van der Waals surface area (Å²) in [6.07, 6.45) is 0. The average Bonchev–Trinajstić information content (AvgIpc) is 2.49. The number of hydrogen-bond donors (Lipinski definition) is 2. The maximum atomic E-state index is 13.5. The van der Waals surface area contributed by atoms with Crippen molar-refractivity contribution in [1.82, 2.24) is 5.32 Å². The molecule has 0 radical (unpaired) electrons. The highest BCUT2D eigenvalue weighted by atomic mass is 32.1. The normalized spacial score (nSPS) is 10.0. The van der Waals surface area contributed by atoms with Crippen molar-refractivity contribution < 1.29 is 9.13 Å². The van der Waals surface area contributed by atoms with Gasteiger partial charge in [-0.05, 0) is 37.3 Å². The van der Waals surface area contributed by atoms with Crippen LogP contribution in [0.2, 0.25) is 0 Å². The predicted octanol–water partition coefficient (Wildman–Crippen LogP) is 3.71. The molecule has 0 aliphatic rings. The third-order valence-corrected chi connectivity index (χ3v) is 3.08. The van der Waals surface area contributed by atoms with E-state index >= 15 is 0 Å². The molecule has 21 heavy (non-hydrogen) atoms. The average molecular weight is 304 g/mol. The van der Waals surface area contributed by atoms with Gasteiger partial charge in [0.05, 0.1) is 12.3 Å². The topological polar surface area (TPSA) is 33.3 Å². The molecule has 3 nitrogen and oxygen atoms in total. The molecule has 0 saturated carbocycles. The van der Waals surface area contributed by atoms with Crippen LogP contribution in [0, 0.1) is 5.82 Å². The van der Waals surface area contributed by atoms with Crippen LogP contribution < -0.4 is 15.4 Å². The van der Waals surface area contributed by atoms with Crippen LogP contribution >= 0.6 is 12.2 Å². The molecule has 110 valence electrons. The molecule has 5 heteroatoms. The van der Waals surface area contributed by atoms with Crippen molar-refractivity contribution >= 4 is 23.0 Å². The van der Waals surface area contributed by atoms with E-state index in [1.54, 1.807) is 18.2 Å². The molecule has 0 saturated heterocycles. The van der Waals surface area contributed by atoms with E-state index in [0.717, 1.165) is 11.4 Å². The second-order valence-electron chi connectivity index (χ2n) is 4.33. The lowest BCUT2D eigenvalue weighted by atomic mass is 10.2. The Balaban J connectivity index is 1.95. The van der Waals surface area contributed by atoms with E-state index in [4.69, 9.17) is 17.0 Å². The minimum absolute atomic E-state index is 0.248. The standard InChI is InChI=1S/C16H17FN2OS/c1-2-20-15-10-6-5-9-14(15)19-16(21)18-11-12-7-3-4-8-13(12)17/h3-10H,2,11H2,1H3,(H2,18,19,21). The van der Waals surface area contributed by atoms with Gasteiger partial charge in [-0.2, -0.15) is 0 Å². The number of para-hydroxylation sites is 2. The second-order valence-corrected chi connectivity index (χ2v) is 4.74. The largest absolute Gasteiger partial charge is 0.492 e. The second kappa shape index (κ2) is 7.59. The molecule has 0 fully saturated rings. The first-order valence-electron chi connectivity index (χ1n) is 6.70. The summed E-state index contributed by atoms with van der Waals surface area (Å²) in [7, 11) is 0. The molecule has 0 spiro atoms. The Bertz CT molecular complexity index is 619. The Morgan fingerprint density at radius 1 is 1.14 bits per heavy atom. The van der Waals surface area contributed by atoms with Gasteiger partial charge in [0.25, 0.3) is 0 Å². The number of rotatable bonds is 5. The number of anilines is 1. The summed E-state index contributed by atoms with van der Waals surface area (Å²) in [5.74, 6) is 0.484. The van der Waals surface area contributed by atoms with E-state index in [-0.39, 0.29) is 5.82 Å². The molecule has 2 rings (SSSR count). The lowest BCUT2D eigenvalue weighted by Gasteiger charge is -2.14.